The van der Waals surface area contributed by atoms with E-state index in [1.807, 2.05) is 27.7 Å². The zero-order valence-electron chi connectivity index (χ0n) is 10.1. The molecule has 0 N–H and O–H groups in total. The third-order valence-corrected chi connectivity index (χ3v) is 1.81. The van der Waals surface area contributed by atoms with Crippen LogP contribution in [0.1, 0.15) is 40.5 Å². The van der Waals surface area contributed by atoms with E-state index in [-0.39, 0.29) is 0 Å². The summed E-state index contributed by atoms with van der Waals surface area (Å²) in [5.74, 6) is 0. The molecular weight excluding hydrogens is 162 g/mol. The second kappa shape index (κ2) is 14.4. The fraction of sp³-hybridized carbons (Fsp3) is 1.00. The van der Waals surface area contributed by atoms with E-state index < -0.39 is 0 Å². The summed E-state index contributed by atoms with van der Waals surface area (Å²) in [6.45, 7) is 12.6. The molecule has 13 heavy (non-hydrogen) atoms. The average Bonchev–Trinajstić information content (AvgIpc) is 2.73. The minimum Gasteiger partial charge on any atom is -0.383 e. The Bertz CT molecular complexity index is 70.5. The summed E-state index contributed by atoms with van der Waals surface area (Å²) in [5, 5.41) is 0. The minimum atomic E-state index is 0.889. The zero-order chi connectivity index (χ0) is 10.5. The standard InChI is InChI=1S/C7H15NO.2C2H6/c1-9-7-6-8-4-2-3-5-8;2*1-2/h2-7H2,1H3;2*1-2H3. The van der Waals surface area contributed by atoms with Crippen molar-refractivity contribution in [2.75, 3.05) is 33.4 Å². The quantitative estimate of drug-likeness (QED) is 0.677. The summed E-state index contributed by atoms with van der Waals surface area (Å²) >= 11 is 0. The van der Waals surface area contributed by atoms with Gasteiger partial charge in [0.2, 0.25) is 0 Å². The molecule has 1 heterocycles. The van der Waals surface area contributed by atoms with Gasteiger partial charge in [0, 0.05) is 13.7 Å². The number of methoxy groups -OCH3 is 1. The highest BCUT2D eigenvalue weighted by molar-refractivity contribution is 4.64. The van der Waals surface area contributed by atoms with Gasteiger partial charge in [-0.15, -0.1) is 0 Å². The fourth-order valence-electron chi connectivity index (χ4n) is 1.23. The molecule has 0 spiro atoms. The van der Waals surface area contributed by atoms with Crippen LogP contribution in [0.2, 0.25) is 0 Å². The Labute approximate surface area is 84.3 Å². The van der Waals surface area contributed by atoms with Gasteiger partial charge in [-0.25, -0.2) is 0 Å². The van der Waals surface area contributed by atoms with Gasteiger partial charge in [0.05, 0.1) is 6.61 Å². The molecule has 1 aliphatic rings. The Kier molecular flexibility index (Phi) is 17.1. The van der Waals surface area contributed by atoms with Crippen LogP contribution in [0.25, 0.3) is 0 Å². The Morgan fingerprint density at radius 3 is 1.85 bits per heavy atom. The maximum absolute atomic E-state index is 4.96. The van der Waals surface area contributed by atoms with Crippen molar-refractivity contribution in [3.63, 3.8) is 0 Å². The third kappa shape index (κ3) is 9.84. The van der Waals surface area contributed by atoms with E-state index in [1.54, 1.807) is 7.11 Å². The van der Waals surface area contributed by atoms with Gasteiger partial charge in [-0.3, -0.25) is 0 Å². The smallest absolute Gasteiger partial charge is 0.0589 e. The average molecular weight is 189 g/mol. The Hall–Kier alpha value is -0.0800. The Balaban J connectivity index is 0. The molecule has 1 fully saturated rings. The molecule has 0 saturated carbocycles. The van der Waals surface area contributed by atoms with E-state index in [0.29, 0.717) is 0 Å². The van der Waals surface area contributed by atoms with Crippen LogP contribution in [0, 0.1) is 0 Å². The molecule has 0 atom stereocenters. The largest absolute Gasteiger partial charge is 0.383 e. The van der Waals surface area contributed by atoms with E-state index in [4.69, 9.17) is 4.74 Å². The SMILES string of the molecule is CC.CC.COCCN1CCCC1. The molecule has 1 saturated heterocycles. The topological polar surface area (TPSA) is 12.5 Å². The lowest BCUT2D eigenvalue weighted by atomic mass is 10.4. The van der Waals surface area contributed by atoms with Gasteiger partial charge in [0.1, 0.15) is 0 Å². The second-order valence-corrected chi connectivity index (χ2v) is 2.54. The maximum Gasteiger partial charge on any atom is 0.0589 e. The number of hydrogen-bond acceptors (Lipinski definition) is 2. The Morgan fingerprint density at radius 1 is 1.00 bits per heavy atom. The van der Waals surface area contributed by atoms with Gasteiger partial charge in [-0.2, -0.15) is 0 Å². The summed E-state index contributed by atoms with van der Waals surface area (Å²) < 4.78 is 4.96. The van der Waals surface area contributed by atoms with Gasteiger partial charge in [-0.1, -0.05) is 27.7 Å². The molecule has 0 aromatic carbocycles. The maximum atomic E-state index is 4.96. The summed E-state index contributed by atoms with van der Waals surface area (Å²) in [4.78, 5) is 2.45. The highest BCUT2D eigenvalue weighted by Crippen LogP contribution is 2.05. The lowest BCUT2D eigenvalue weighted by Gasteiger charge is -2.12. The number of ether oxygens (including phenoxy) is 1. The molecule has 2 nitrogen and oxygen atoms in total. The monoisotopic (exact) mass is 189 g/mol. The summed E-state index contributed by atoms with van der Waals surface area (Å²) in [5.41, 5.74) is 0. The zero-order valence-corrected chi connectivity index (χ0v) is 10.1. The predicted octanol–water partition coefficient (Wildman–Crippen LogP) is 2.78. The van der Waals surface area contributed by atoms with Crippen molar-refractivity contribution >= 4 is 0 Å². The van der Waals surface area contributed by atoms with Gasteiger partial charge < -0.3 is 9.64 Å². The van der Waals surface area contributed by atoms with Crippen molar-refractivity contribution < 1.29 is 4.74 Å². The molecule has 0 aromatic heterocycles. The van der Waals surface area contributed by atoms with Gasteiger partial charge in [-0.05, 0) is 25.9 Å². The normalized spacial score (nSPS) is 15.5. The van der Waals surface area contributed by atoms with Gasteiger partial charge in [0.25, 0.3) is 0 Å². The van der Waals surface area contributed by atoms with E-state index in [1.165, 1.54) is 25.9 Å². The van der Waals surface area contributed by atoms with Crippen LogP contribution in [-0.2, 0) is 4.74 Å². The van der Waals surface area contributed by atoms with Crippen molar-refractivity contribution in [1.29, 1.82) is 0 Å². The minimum absolute atomic E-state index is 0.889. The van der Waals surface area contributed by atoms with Gasteiger partial charge >= 0.3 is 0 Å². The van der Waals surface area contributed by atoms with Crippen LogP contribution in [0.5, 0.6) is 0 Å². The van der Waals surface area contributed by atoms with E-state index >= 15 is 0 Å². The molecule has 0 radical (unpaired) electrons. The molecule has 1 aliphatic heterocycles. The molecule has 0 unspecified atom stereocenters. The lowest BCUT2D eigenvalue weighted by Crippen LogP contribution is -2.23. The third-order valence-electron chi connectivity index (χ3n) is 1.81. The van der Waals surface area contributed by atoms with Crippen molar-refractivity contribution in [2.24, 2.45) is 0 Å². The van der Waals surface area contributed by atoms with Crippen LogP contribution in [0.4, 0.5) is 0 Å². The summed E-state index contributed by atoms with van der Waals surface area (Å²) in [6.07, 6.45) is 2.76. The fourth-order valence-corrected chi connectivity index (χ4v) is 1.23. The van der Waals surface area contributed by atoms with Crippen LogP contribution < -0.4 is 0 Å². The predicted molar refractivity (Wildman–Crippen MR) is 60.2 cm³/mol. The highest BCUT2D eigenvalue weighted by atomic mass is 16.5. The molecule has 82 valence electrons. The van der Waals surface area contributed by atoms with Crippen LogP contribution in [0.3, 0.4) is 0 Å². The molecule has 0 aromatic rings. The number of rotatable bonds is 3. The van der Waals surface area contributed by atoms with Crippen molar-refractivity contribution in [3.05, 3.63) is 0 Å². The van der Waals surface area contributed by atoms with E-state index in [0.717, 1.165) is 13.2 Å². The first-order chi connectivity index (χ1) is 6.43. The first-order valence-electron chi connectivity index (χ1n) is 5.65. The molecule has 1 rings (SSSR count). The van der Waals surface area contributed by atoms with Crippen molar-refractivity contribution in [3.8, 4) is 0 Å². The molecule has 0 bridgehead atoms. The molecular formula is C11H27NO. The summed E-state index contributed by atoms with van der Waals surface area (Å²) in [6, 6.07) is 0. The highest BCUT2D eigenvalue weighted by Gasteiger charge is 2.09. The molecule has 0 aliphatic carbocycles. The lowest BCUT2D eigenvalue weighted by molar-refractivity contribution is 0.161. The first-order valence-corrected chi connectivity index (χ1v) is 5.65. The van der Waals surface area contributed by atoms with Gasteiger partial charge in [0.15, 0.2) is 0 Å². The number of nitrogens with zero attached hydrogens (tertiary/aromatic N) is 1. The number of likely N-dealkylation sites (tertiary alicyclic amines) is 1. The Morgan fingerprint density at radius 2 is 1.46 bits per heavy atom. The summed E-state index contributed by atoms with van der Waals surface area (Å²) in [7, 11) is 1.76. The van der Waals surface area contributed by atoms with Crippen molar-refractivity contribution in [2.45, 2.75) is 40.5 Å². The second-order valence-electron chi connectivity index (χ2n) is 2.54. The molecule has 2 heteroatoms. The van der Waals surface area contributed by atoms with Crippen LogP contribution in [0.15, 0.2) is 0 Å². The first kappa shape index (κ1) is 15.4. The van der Waals surface area contributed by atoms with E-state index in [2.05, 4.69) is 4.90 Å². The number of hydrogen-bond donors (Lipinski definition) is 0. The van der Waals surface area contributed by atoms with Crippen LogP contribution in [-0.4, -0.2) is 38.3 Å². The van der Waals surface area contributed by atoms with Crippen molar-refractivity contribution in [1.82, 2.24) is 4.90 Å². The van der Waals surface area contributed by atoms with E-state index in [9.17, 15) is 0 Å². The van der Waals surface area contributed by atoms with Crippen LogP contribution >= 0.6 is 0 Å². The molecule has 0 amide bonds.